The van der Waals surface area contributed by atoms with Gasteiger partial charge in [0.05, 0.1) is 10.5 Å². The zero-order chi connectivity index (χ0) is 21.0. The van der Waals surface area contributed by atoms with Crippen LogP contribution >= 0.6 is 11.6 Å². The third-order valence-corrected chi connectivity index (χ3v) is 4.21. The first-order chi connectivity index (χ1) is 13.9. The summed E-state index contributed by atoms with van der Waals surface area (Å²) in [5.41, 5.74) is 1.39. The van der Waals surface area contributed by atoms with Crippen molar-refractivity contribution in [2.45, 2.75) is 6.92 Å². The maximum Gasteiger partial charge on any atom is 0.281 e. The van der Waals surface area contributed by atoms with Crippen LogP contribution in [0, 0.1) is 28.4 Å². The van der Waals surface area contributed by atoms with Gasteiger partial charge in [0.25, 0.3) is 11.6 Å². The Morgan fingerprint density at radius 3 is 2.72 bits per heavy atom. The molecule has 7 nitrogen and oxygen atoms in total. The lowest BCUT2D eigenvalue weighted by molar-refractivity contribution is -0.384. The van der Waals surface area contributed by atoms with E-state index in [4.69, 9.17) is 16.0 Å². The van der Waals surface area contributed by atoms with Gasteiger partial charge in [0.15, 0.2) is 0 Å². The van der Waals surface area contributed by atoms with Gasteiger partial charge in [-0.15, -0.1) is 0 Å². The second-order valence-corrected chi connectivity index (χ2v) is 6.55. The summed E-state index contributed by atoms with van der Waals surface area (Å²) in [6, 6.07) is 16.3. The van der Waals surface area contributed by atoms with Crippen molar-refractivity contribution in [1.82, 2.24) is 0 Å². The van der Waals surface area contributed by atoms with E-state index in [9.17, 15) is 20.2 Å². The molecule has 1 heterocycles. The number of nitrogens with one attached hydrogen (secondary N) is 1. The zero-order valence-corrected chi connectivity index (χ0v) is 15.9. The van der Waals surface area contributed by atoms with E-state index in [1.165, 1.54) is 36.4 Å². The van der Waals surface area contributed by atoms with Crippen LogP contribution in [-0.4, -0.2) is 10.8 Å². The number of nitro groups is 1. The van der Waals surface area contributed by atoms with Crippen LogP contribution in [0.1, 0.15) is 11.3 Å². The third kappa shape index (κ3) is 4.69. The number of carbonyl (C=O) groups excluding carboxylic acids is 1. The van der Waals surface area contributed by atoms with E-state index in [-0.39, 0.29) is 33.4 Å². The van der Waals surface area contributed by atoms with Gasteiger partial charge >= 0.3 is 0 Å². The summed E-state index contributed by atoms with van der Waals surface area (Å²) < 4.78 is 5.60. The maximum absolute atomic E-state index is 12.4. The van der Waals surface area contributed by atoms with Gasteiger partial charge < -0.3 is 9.73 Å². The third-order valence-electron chi connectivity index (χ3n) is 3.98. The fourth-order valence-corrected chi connectivity index (χ4v) is 2.82. The molecule has 144 valence electrons. The monoisotopic (exact) mass is 407 g/mol. The number of hydrogen-bond acceptors (Lipinski definition) is 5. The van der Waals surface area contributed by atoms with Gasteiger partial charge in [-0.3, -0.25) is 14.9 Å². The first-order valence-corrected chi connectivity index (χ1v) is 8.79. The Labute approximate surface area is 171 Å². The van der Waals surface area contributed by atoms with Crippen molar-refractivity contribution in [3.8, 4) is 17.4 Å². The molecule has 0 saturated carbocycles. The Morgan fingerprint density at radius 2 is 2.03 bits per heavy atom. The molecule has 2 aromatic carbocycles. The van der Waals surface area contributed by atoms with Crippen molar-refractivity contribution in [3.63, 3.8) is 0 Å². The van der Waals surface area contributed by atoms with Crippen molar-refractivity contribution >= 4 is 35.0 Å². The molecule has 1 aromatic heterocycles. The molecule has 29 heavy (non-hydrogen) atoms. The highest BCUT2D eigenvalue weighted by molar-refractivity contribution is 6.30. The number of nitrogens with zero attached hydrogens (tertiary/aromatic N) is 2. The van der Waals surface area contributed by atoms with Gasteiger partial charge in [-0.2, -0.15) is 5.26 Å². The van der Waals surface area contributed by atoms with Gasteiger partial charge in [-0.25, -0.2) is 0 Å². The van der Waals surface area contributed by atoms with Crippen LogP contribution in [0.4, 0.5) is 11.4 Å². The Bertz CT molecular complexity index is 1170. The van der Waals surface area contributed by atoms with Crippen LogP contribution in [0.2, 0.25) is 5.02 Å². The quantitative estimate of drug-likeness (QED) is 0.265. The van der Waals surface area contributed by atoms with Crippen LogP contribution in [0.25, 0.3) is 17.4 Å². The first-order valence-electron chi connectivity index (χ1n) is 8.41. The fraction of sp³-hybridized carbons (Fsp3) is 0.0476. The van der Waals surface area contributed by atoms with Crippen molar-refractivity contribution < 1.29 is 14.1 Å². The molecular weight excluding hydrogens is 394 g/mol. The normalized spacial score (nSPS) is 11.0. The van der Waals surface area contributed by atoms with Crippen LogP contribution in [-0.2, 0) is 4.79 Å². The molecule has 0 atom stereocenters. The van der Waals surface area contributed by atoms with E-state index in [1.54, 1.807) is 18.2 Å². The number of aryl methyl sites for hydroxylation is 1. The number of nitriles is 1. The Kier molecular flexibility index (Phi) is 5.77. The largest absolute Gasteiger partial charge is 0.456 e. The highest BCUT2D eigenvalue weighted by Crippen LogP contribution is 2.33. The minimum atomic E-state index is -0.589. The summed E-state index contributed by atoms with van der Waals surface area (Å²) in [5.74, 6) is -0.162. The van der Waals surface area contributed by atoms with Crippen LogP contribution in [0.15, 0.2) is 64.6 Å². The number of amides is 1. The van der Waals surface area contributed by atoms with Gasteiger partial charge in [0, 0.05) is 22.9 Å². The van der Waals surface area contributed by atoms with E-state index in [2.05, 4.69) is 5.32 Å². The van der Waals surface area contributed by atoms with Crippen molar-refractivity contribution in [2.75, 3.05) is 5.32 Å². The predicted octanol–water partition coefficient (Wildman–Crippen LogP) is 5.36. The smallest absolute Gasteiger partial charge is 0.281 e. The van der Waals surface area contributed by atoms with Gasteiger partial charge in [-0.1, -0.05) is 23.7 Å². The van der Waals surface area contributed by atoms with E-state index in [0.717, 1.165) is 5.56 Å². The molecule has 0 spiro atoms. The summed E-state index contributed by atoms with van der Waals surface area (Å²) >= 11 is 5.83. The molecule has 0 radical (unpaired) electrons. The summed E-state index contributed by atoms with van der Waals surface area (Å²) in [6.07, 6.45) is 1.27. The molecule has 0 fully saturated rings. The number of carbonyl (C=O) groups is 1. The topological polar surface area (TPSA) is 109 Å². The van der Waals surface area contributed by atoms with E-state index in [1.807, 2.05) is 19.1 Å². The average molecular weight is 408 g/mol. The first kappa shape index (κ1) is 19.9. The summed E-state index contributed by atoms with van der Waals surface area (Å²) in [4.78, 5) is 23.1. The van der Waals surface area contributed by atoms with Crippen molar-refractivity contribution in [3.05, 3.63) is 86.6 Å². The van der Waals surface area contributed by atoms with Gasteiger partial charge in [0.1, 0.15) is 23.2 Å². The summed E-state index contributed by atoms with van der Waals surface area (Å²) in [6.45, 7) is 1.89. The standard InChI is InChI=1S/C21H14ClN3O4/c1-13-3-2-4-16(9-13)24-21(26)14(12-23)10-17-6-8-20(29-17)18-7-5-15(22)11-19(18)25(27)28/h2-11H,1H3,(H,24,26)/b14-10+. The molecule has 0 aliphatic carbocycles. The second-order valence-electron chi connectivity index (χ2n) is 6.11. The van der Waals surface area contributed by atoms with Crippen LogP contribution in [0.5, 0.6) is 0 Å². The number of nitro benzene ring substituents is 1. The number of furan rings is 1. The lowest BCUT2D eigenvalue weighted by Gasteiger charge is -2.04. The predicted molar refractivity (Wildman–Crippen MR) is 109 cm³/mol. The van der Waals surface area contributed by atoms with Crippen molar-refractivity contribution in [1.29, 1.82) is 5.26 Å². The van der Waals surface area contributed by atoms with E-state index >= 15 is 0 Å². The molecule has 0 saturated heterocycles. The number of rotatable bonds is 5. The molecule has 0 aliphatic heterocycles. The zero-order valence-electron chi connectivity index (χ0n) is 15.2. The number of halogens is 1. The Balaban J connectivity index is 1.87. The fourth-order valence-electron chi connectivity index (χ4n) is 2.65. The molecule has 8 heteroatoms. The lowest BCUT2D eigenvalue weighted by Crippen LogP contribution is -2.13. The highest BCUT2D eigenvalue weighted by atomic mass is 35.5. The number of anilines is 1. The molecule has 3 rings (SSSR count). The average Bonchev–Trinajstić information content (AvgIpc) is 3.14. The SMILES string of the molecule is Cc1cccc(NC(=O)/C(C#N)=C/c2ccc(-c3ccc(Cl)cc3[N+](=O)[O-])o2)c1. The Hall–Kier alpha value is -3.89. The molecule has 1 N–H and O–H groups in total. The summed E-state index contributed by atoms with van der Waals surface area (Å²) in [7, 11) is 0. The molecule has 3 aromatic rings. The van der Waals surface area contributed by atoms with Crippen LogP contribution < -0.4 is 5.32 Å². The molecule has 0 unspecified atom stereocenters. The molecule has 1 amide bonds. The van der Waals surface area contributed by atoms with Crippen molar-refractivity contribution in [2.24, 2.45) is 0 Å². The lowest BCUT2D eigenvalue weighted by atomic mass is 10.1. The Morgan fingerprint density at radius 1 is 1.24 bits per heavy atom. The number of hydrogen-bond donors (Lipinski definition) is 1. The second kappa shape index (κ2) is 8.42. The van der Waals surface area contributed by atoms with E-state index < -0.39 is 10.8 Å². The molecule has 0 aliphatic rings. The highest BCUT2D eigenvalue weighted by Gasteiger charge is 2.19. The van der Waals surface area contributed by atoms with E-state index in [0.29, 0.717) is 5.69 Å². The molecular formula is C21H14ClN3O4. The minimum Gasteiger partial charge on any atom is -0.456 e. The number of benzene rings is 2. The van der Waals surface area contributed by atoms with Crippen LogP contribution in [0.3, 0.4) is 0 Å². The van der Waals surface area contributed by atoms with Gasteiger partial charge in [0.2, 0.25) is 0 Å². The maximum atomic E-state index is 12.4. The molecule has 0 bridgehead atoms. The van der Waals surface area contributed by atoms with Gasteiger partial charge in [-0.05, 0) is 48.9 Å². The summed E-state index contributed by atoms with van der Waals surface area (Å²) in [5, 5.41) is 23.5. The minimum absolute atomic E-state index is 0.169.